The molecule has 0 aromatic heterocycles. The number of nitrogens with zero attached hydrogens (tertiary/aromatic N) is 1. The van der Waals surface area contributed by atoms with Crippen molar-refractivity contribution in [3.63, 3.8) is 0 Å². The fourth-order valence-electron chi connectivity index (χ4n) is 2.30. The summed E-state index contributed by atoms with van der Waals surface area (Å²) in [5.41, 5.74) is 0.106. The van der Waals surface area contributed by atoms with Crippen LogP contribution in [0.1, 0.15) is 23.2 Å². The molecule has 0 atom stereocenters. The minimum atomic E-state index is -2.94. The molecule has 0 saturated carbocycles. The van der Waals surface area contributed by atoms with Gasteiger partial charge >= 0.3 is 0 Å². The lowest BCUT2D eigenvalue weighted by Crippen LogP contribution is -2.29. The SMILES string of the molecule is O=C(CCN1CCCS(=O)(=O)CC1)c1ccccc1F. The van der Waals surface area contributed by atoms with Gasteiger partial charge in [-0.3, -0.25) is 4.79 Å². The molecular weight excluding hydrogens is 281 g/mol. The highest BCUT2D eigenvalue weighted by molar-refractivity contribution is 7.91. The van der Waals surface area contributed by atoms with E-state index in [1.165, 1.54) is 12.1 Å². The van der Waals surface area contributed by atoms with Crippen molar-refractivity contribution in [3.8, 4) is 0 Å². The minimum Gasteiger partial charge on any atom is -0.302 e. The molecule has 1 heterocycles. The normalized spacial score (nSPS) is 19.4. The second-order valence-electron chi connectivity index (χ2n) is 5.00. The first-order chi connectivity index (χ1) is 9.48. The number of ketones is 1. The molecule has 6 heteroatoms. The topological polar surface area (TPSA) is 54.5 Å². The van der Waals surface area contributed by atoms with Gasteiger partial charge in [0.25, 0.3) is 0 Å². The Morgan fingerprint density at radius 3 is 2.70 bits per heavy atom. The van der Waals surface area contributed by atoms with Gasteiger partial charge in [-0.25, -0.2) is 12.8 Å². The molecule has 1 aromatic carbocycles. The molecule has 2 rings (SSSR count). The highest BCUT2D eigenvalue weighted by Crippen LogP contribution is 2.11. The number of Topliss-reactive ketones (excluding diaryl/α,β-unsaturated/α-hetero) is 1. The van der Waals surface area contributed by atoms with Crippen molar-refractivity contribution in [2.75, 3.05) is 31.1 Å². The average Bonchev–Trinajstić information content (AvgIpc) is 2.57. The van der Waals surface area contributed by atoms with Crippen LogP contribution >= 0.6 is 0 Å². The highest BCUT2D eigenvalue weighted by Gasteiger charge is 2.20. The first-order valence-electron chi connectivity index (χ1n) is 6.68. The van der Waals surface area contributed by atoms with Gasteiger partial charge in [-0.15, -0.1) is 0 Å². The summed E-state index contributed by atoms with van der Waals surface area (Å²) < 4.78 is 36.4. The molecule has 20 heavy (non-hydrogen) atoms. The maximum atomic E-state index is 13.5. The van der Waals surface area contributed by atoms with Gasteiger partial charge < -0.3 is 4.90 Å². The van der Waals surface area contributed by atoms with E-state index in [4.69, 9.17) is 0 Å². The molecule has 0 radical (unpaired) electrons. The molecule has 0 N–H and O–H groups in total. The zero-order valence-corrected chi connectivity index (χ0v) is 12.0. The van der Waals surface area contributed by atoms with E-state index in [0.29, 0.717) is 26.1 Å². The average molecular weight is 299 g/mol. The van der Waals surface area contributed by atoms with Crippen LogP contribution in [-0.4, -0.2) is 50.2 Å². The third kappa shape index (κ3) is 4.11. The number of rotatable bonds is 4. The van der Waals surface area contributed by atoms with E-state index < -0.39 is 15.7 Å². The molecule has 0 unspecified atom stereocenters. The predicted octanol–water partition coefficient (Wildman–Crippen LogP) is 1.52. The fraction of sp³-hybridized carbons (Fsp3) is 0.500. The van der Waals surface area contributed by atoms with E-state index >= 15 is 0 Å². The Hall–Kier alpha value is -1.27. The smallest absolute Gasteiger partial charge is 0.167 e. The van der Waals surface area contributed by atoms with Gasteiger partial charge in [0, 0.05) is 19.5 Å². The molecule has 1 fully saturated rings. The van der Waals surface area contributed by atoms with Crippen molar-refractivity contribution in [2.24, 2.45) is 0 Å². The monoisotopic (exact) mass is 299 g/mol. The summed E-state index contributed by atoms with van der Waals surface area (Å²) in [5.74, 6) is -0.391. The number of hydrogen-bond donors (Lipinski definition) is 0. The number of carbonyl (C=O) groups excluding carboxylic acids is 1. The molecular formula is C14H18FNO3S. The van der Waals surface area contributed by atoms with Crippen LogP contribution in [0, 0.1) is 5.82 Å². The standard InChI is InChI=1S/C14H18FNO3S/c15-13-5-2-1-4-12(13)14(17)6-8-16-7-3-10-20(18,19)11-9-16/h1-2,4-5H,3,6-11H2. The molecule has 0 bridgehead atoms. The van der Waals surface area contributed by atoms with Crippen LogP contribution in [0.3, 0.4) is 0 Å². The molecule has 4 nitrogen and oxygen atoms in total. The van der Waals surface area contributed by atoms with Gasteiger partial charge in [-0.1, -0.05) is 12.1 Å². The zero-order chi connectivity index (χ0) is 14.6. The third-order valence-electron chi connectivity index (χ3n) is 3.48. The quantitative estimate of drug-likeness (QED) is 0.791. The molecule has 0 aliphatic carbocycles. The van der Waals surface area contributed by atoms with Crippen molar-refractivity contribution in [2.45, 2.75) is 12.8 Å². The summed E-state index contributed by atoms with van der Waals surface area (Å²) in [6, 6.07) is 5.93. The van der Waals surface area contributed by atoms with E-state index in [-0.39, 0.29) is 29.3 Å². The summed E-state index contributed by atoms with van der Waals surface area (Å²) in [6.45, 7) is 1.60. The number of sulfone groups is 1. The van der Waals surface area contributed by atoms with Gasteiger partial charge in [-0.05, 0) is 25.1 Å². The number of benzene rings is 1. The maximum Gasteiger partial charge on any atom is 0.167 e. The zero-order valence-electron chi connectivity index (χ0n) is 11.2. The minimum absolute atomic E-state index is 0.106. The van der Waals surface area contributed by atoms with Crippen LogP contribution in [0.15, 0.2) is 24.3 Å². The molecule has 1 aromatic rings. The molecule has 1 aliphatic heterocycles. The Labute approximate surface area is 118 Å². The van der Waals surface area contributed by atoms with E-state index in [1.807, 2.05) is 4.90 Å². The summed E-state index contributed by atoms with van der Waals surface area (Å²) in [6.07, 6.45) is 0.803. The second-order valence-corrected chi connectivity index (χ2v) is 7.30. The molecule has 0 amide bonds. The Balaban J connectivity index is 1.89. The highest BCUT2D eigenvalue weighted by atomic mass is 32.2. The van der Waals surface area contributed by atoms with Crippen molar-refractivity contribution >= 4 is 15.6 Å². The van der Waals surface area contributed by atoms with E-state index in [0.717, 1.165) is 0 Å². The maximum absolute atomic E-state index is 13.5. The van der Waals surface area contributed by atoms with Crippen molar-refractivity contribution < 1.29 is 17.6 Å². The molecule has 0 spiro atoms. The molecule has 1 aliphatic rings. The summed E-state index contributed by atoms with van der Waals surface area (Å²) in [4.78, 5) is 13.9. The van der Waals surface area contributed by atoms with Crippen LogP contribution in [0.2, 0.25) is 0 Å². The Morgan fingerprint density at radius 1 is 1.20 bits per heavy atom. The Kier molecular flexibility index (Phi) is 4.88. The Bertz CT molecular complexity index is 586. The van der Waals surface area contributed by atoms with E-state index in [9.17, 15) is 17.6 Å². The van der Waals surface area contributed by atoms with E-state index in [1.54, 1.807) is 12.1 Å². The van der Waals surface area contributed by atoms with Crippen LogP contribution < -0.4 is 0 Å². The first-order valence-corrected chi connectivity index (χ1v) is 8.50. The van der Waals surface area contributed by atoms with Crippen LogP contribution in [0.25, 0.3) is 0 Å². The predicted molar refractivity (Wildman–Crippen MR) is 75.1 cm³/mol. The Morgan fingerprint density at radius 2 is 1.95 bits per heavy atom. The van der Waals surface area contributed by atoms with Crippen molar-refractivity contribution in [1.82, 2.24) is 4.90 Å². The number of halogens is 1. The largest absolute Gasteiger partial charge is 0.302 e. The fourth-order valence-corrected chi connectivity index (χ4v) is 3.60. The summed E-state index contributed by atoms with van der Waals surface area (Å²) >= 11 is 0. The van der Waals surface area contributed by atoms with Crippen LogP contribution in [-0.2, 0) is 9.84 Å². The molecule has 110 valence electrons. The lowest BCUT2D eigenvalue weighted by molar-refractivity contribution is 0.0962. The van der Waals surface area contributed by atoms with Gasteiger partial charge in [0.05, 0.1) is 17.1 Å². The van der Waals surface area contributed by atoms with Crippen molar-refractivity contribution in [3.05, 3.63) is 35.6 Å². The number of carbonyl (C=O) groups is 1. The van der Waals surface area contributed by atoms with Gasteiger partial charge in [-0.2, -0.15) is 0 Å². The summed E-state index contributed by atoms with van der Waals surface area (Å²) in [7, 11) is -2.94. The third-order valence-corrected chi connectivity index (χ3v) is 5.19. The first kappa shape index (κ1) is 15.1. The van der Waals surface area contributed by atoms with Gasteiger partial charge in [0.1, 0.15) is 5.82 Å². The van der Waals surface area contributed by atoms with Crippen LogP contribution in [0.4, 0.5) is 4.39 Å². The molecule has 1 saturated heterocycles. The second kappa shape index (κ2) is 6.45. The van der Waals surface area contributed by atoms with Gasteiger partial charge in [0.2, 0.25) is 0 Å². The van der Waals surface area contributed by atoms with Gasteiger partial charge in [0.15, 0.2) is 15.6 Å². The lowest BCUT2D eigenvalue weighted by atomic mass is 10.1. The number of hydrogen-bond acceptors (Lipinski definition) is 4. The summed E-state index contributed by atoms with van der Waals surface area (Å²) in [5, 5.41) is 0. The lowest BCUT2D eigenvalue weighted by Gasteiger charge is -2.18. The van der Waals surface area contributed by atoms with E-state index in [2.05, 4.69) is 0 Å². The van der Waals surface area contributed by atoms with Crippen LogP contribution in [0.5, 0.6) is 0 Å². The van der Waals surface area contributed by atoms with Crippen molar-refractivity contribution in [1.29, 1.82) is 0 Å².